The molecule has 7 nitrogen and oxygen atoms in total. The maximum atomic E-state index is 11.0. The van der Waals surface area contributed by atoms with Gasteiger partial charge in [-0.25, -0.2) is 9.78 Å². The molecule has 0 aliphatic rings. The summed E-state index contributed by atoms with van der Waals surface area (Å²) in [5.74, 6) is -1.09. The van der Waals surface area contributed by atoms with Crippen molar-refractivity contribution in [1.82, 2.24) is 19.6 Å². The molecule has 3 aromatic rings. The van der Waals surface area contributed by atoms with Gasteiger partial charge in [0.2, 0.25) is 5.16 Å². The van der Waals surface area contributed by atoms with E-state index in [0.29, 0.717) is 15.8 Å². The van der Waals surface area contributed by atoms with Gasteiger partial charge in [0.25, 0.3) is 0 Å². The Labute approximate surface area is 117 Å². The maximum absolute atomic E-state index is 11.0. The highest BCUT2D eigenvalue weighted by Crippen LogP contribution is 2.26. The van der Waals surface area contributed by atoms with Gasteiger partial charge in [0.15, 0.2) is 5.65 Å². The van der Waals surface area contributed by atoms with Gasteiger partial charge in [-0.05, 0) is 30.0 Å². The van der Waals surface area contributed by atoms with Crippen LogP contribution < -0.4 is 5.73 Å². The first-order chi connectivity index (χ1) is 9.65. The minimum atomic E-state index is -1.09. The number of hydrogen-bond donors (Lipinski definition) is 2. The second-order valence-corrected chi connectivity index (χ2v) is 4.92. The van der Waals surface area contributed by atoms with E-state index in [-0.39, 0.29) is 11.3 Å². The number of anilines is 1. The van der Waals surface area contributed by atoms with Gasteiger partial charge in [-0.3, -0.25) is 4.40 Å². The van der Waals surface area contributed by atoms with E-state index in [9.17, 15) is 4.79 Å². The molecule has 0 saturated heterocycles. The summed E-state index contributed by atoms with van der Waals surface area (Å²) in [5.41, 5.74) is 6.44. The smallest absolute Gasteiger partial charge is 0.337 e. The molecule has 0 radical (unpaired) electrons. The van der Waals surface area contributed by atoms with Gasteiger partial charge in [0.1, 0.15) is 5.03 Å². The summed E-state index contributed by atoms with van der Waals surface area (Å²) in [7, 11) is 0. The summed E-state index contributed by atoms with van der Waals surface area (Å²) >= 11 is 1.22. The Morgan fingerprint density at radius 3 is 3.00 bits per heavy atom. The van der Waals surface area contributed by atoms with Gasteiger partial charge in [0, 0.05) is 6.20 Å². The van der Waals surface area contributed by atoms with Crippen molar-refractivity contribution < 1.29 is 9.90 Å². The van der Waals surface area contributed by atoms with Crippen molar-refractivity contribution in [3.05, 3.63) is 42.2 Å². The SMILES string of the molecule is Nc1cnc(Sc2nnc3ccccn23)cc1C(=O)O. The highest BCUT2D eigenvalue weighted by atomic mass is 32.2. The fourth-order valence-electron chi connectivity index (χ4n) is 1.67. The maximum Gasteiger partial charge on any atom is 0.337 e. The molecule has 0 amide bonds. The normalized spacial score (nSPS) is 10.8. The average molecular weight is 287 g/mol. The lowest BCUT2D eigenvalue weighted by atomic mass is 10.2. The van der Waals surface area contributed by atoms with Crippen molar-refractivity contribution >= 4 is 29.1 Å². The van der Waals surface area contributed by atoms with E-state index < -0.39 is 5.97 Å². The lowest BCUT2D eigenvalue weighted by Gasteiger charge is -2.03. The number of nitrogen functional groups attached to an aromatic ring is 1. The molecule has 0 aromatic carbocycles. The van der Waals surface area contributed by atoms with Crippen molar-refractivity contribution in [2.45, 2.75) is 10.2 Å². The lowest BCUT2D eigenvalue weighted by molar-refractivity contribution is 0.0697. The van der Waals surface area contributed by atoms with Crippen molar-refractivity contribution in [2.24, 2.45) is 0 Å². The molecule has 0 aliphatic carbocycles. The molecular formula is C12H9N5O2S. The first kappa shape index (κ1) is 12.4. The van der Waals surface area contributed by atoms with E-state index in [4.69, 9.17) is 10.8 Å². The number of aromatic nitrogens is 4. The Morgan fingerprint density at radius 2 is 2.20 bits per heavy atom. The van der Waals surface area contributed by atoms with E-state index in [0.717, 1.165) is 0 Å². The molecule has 3 rings (SSSR count). The lowest BCUT2D eigenvalue weighted by Crippen LogP contribution is -2.03. The average Bonchev–Trinajstić information content (AvgIpc) is 2.84. The van der Waals surface area contributed by atoms with E-state index >= 15 is 0 Å². The van der Waals surface area contributed by atoms with Crippen LogP contribution in [0.5, 0.6) is 0 Å². The Hall–Kier alpha value is -2.61. The van der Waals surface area contributed by atoms with Gasteiger partial charge in [-0.2, -0.15) is 0 Å². The molecule has 0 unspecified atom stereocenters. The Kier molecular flexibility index (Phi) is 2.99. The molecule has 0 aliphatic heterocycles. The molecular weight excluding hydrogens is 278 g/mol. The number of nitrogens with two attached hydrogens (primary N) is 1. The zero-order valence-corrected chi connectivity index (χ0v) is 10.9. The third-order valence-corrected chi connectivity index (χ3v) is 3.51. The van der Waals surface area contributed by atoms with E-state index in [1.165, 1.54) is 24.0 Å². The number of carboxylic acids is 1. The summed E-state index contributed by atoms with van der Waals surface area (Å²) in [5, 5.41) is 18.2. The highest BCUT2D eigenvalue weighted by Gasteiger charge is 2.13. The number of rotatable bonds is 3. The zero-order chi connectivity index (χ0) is 14.1. The van der Waals surface area contributed by atoms with Crippen LogP contribution >= 0.6 is 11.8 Å². The zero-order valence-electron chi connectivity index (χ0n) is 10.1. The molecule has 0 atom stereocenters. The third-order valence-electron chi connectivity index (χ3n) is 2.62. The van der Waals surface area contributed by atoms with Crippen LogP contribution in [0.1, 0.15) is 10.4 Å². The quantitative estimate of drug-likeness (QED) is 0.752. The summed E-state index contributed by atoms with van der Waals surface area (Å²) < 4.78 is 1.79. The first-order valence-electron chi connectivity index (χ1n) is 5.61. The Morgan fingerprint density at radius 1 is 1.35 bits per heavy atom. The predicted octanol–water partition coefficient (Wildman–Crippen LogP) is 1.56. The number of fused-ring (bicyclic) bond motifs is 1. The minimum absolute atomic E-state index is 0.0244. The van der Waals surface area contributed by atoms with Crippen molar-refractivity contribution in [2.75, 3.05) is 5.73 Å². The largest absolute Gasteiger partial charge is 0.478 e. The topological polar surface area (TPSA) is 106 Å². The van der Waals surface area contributed by atoms with Crippen LogP contribution in [0.15, 0.2) is 46.8 Å². The number of aromatic carboxylic acids is 1. The van der Waals surface area contributed by atoms with Crippen molar-refractivity contribution in [1.29, 1.82) is 0 Å². The Balaban J connectivity index is 1.99. The molecule has 0 fully saturated rings. The number of carboxylic acid groups (broad SMARTS) is 1. The highest BCUT2D eigenvalue weighted by molar-refractivity contribution is 7.99. The number of carbonyl (C=O) groups is 1. The molecule has 8 heteroatoms. The predicted molar refractivity (Wildman–Crippen MR) is 72.7 cm³/mol. The van der Waals surface area contributed by atoms with Crippen LogP contribution in [0.3, 0.4) is 0 Å². The number of hydrogen-bond acceptors (Lipinski definition) is 6. The molecule has 0 spiro atoms. The fourth-order valence-corrected chi connectivity index (χ4v) is 2.47. The molecule has 0 bridgehead atoms. The van der Waals surface area contributed by atoms with Gasteiger partial charge < -0.3 is 10.8 Å². The second-order valence-electron chi connectivity index (χ2n) is 3.93. The molecule has 3 aromatic heterocycles. The van der Waals surface area contributed by atoms with Crippen molar-refractivity contribution in [3.63, 3.8) is 0 Å². The molecule has 0 saturated carbocycles. The van der Waals surface area contributed by atoms with Gasteiger partial charge >= 0.3 is 5.97 Å². The first-order valence-corrected chi connectivity index (χ1v) is 6.43. The summed E-state index contributed by atoms with van der Waals surface area (Å²) in [6.07, 6.45) is 3.15. The van der Waals surface area contributed by atoms with Crippen LogP contribution in [0.4, 0.5) is 5.69 Å². The molecule has 100 valence electrons. The van der Waals surface area contributed by atoms with Gasteiger partial charge in [-0.1, -0.05) is 6.07 Å². The van der Waals surface area contributed by atoms with Crippen LogP contribution in [0.25, 0.3) is 5.65 Å². The number of pyridine rings is 2. The fraction of sp³-hybridized carbons (Fsp3) is 0. The second kappa shape index (κ2) is 4.82. The summed E-state index contributed by atoms with van der Waals surface area (Å²) in [6, 6.07) is 6.98. The third kappa shape index (κ3) is 2.16. The van der Waals surface area contributed by atoms with Crippen molar-refractivity contribution in [3.8, 4) is 0 Å². The number of nitrogens with zero attached hydrogens (tertiary/aromatic N) is 4. The minimum Gasteiger partial charge on any atom is -0.478 e. The summed E-state index contributed by atoms with van der Waals surface area (Å²) in [4.78, 5) is 15.1. The molecule has 3 heterocycles. The van der Waals surface area contributed by atoms with E-state index in [1.807, 2.05) is 24.4 Å². The standard InChI is InChI=1S/C12H9N5O2S/c13-8-6-14-10(5-7(8)11(18)19)20-12-16-15-9-3-1-2-4-17(9)12/h1-6H,13H2,(H,18,19). The van der Waals surface area contributed by atoms with Crippen LogP contribution in [0, 0.1) is 0 Å². The van der Waals surface area contributed by atoms with E-state index in [2.05, 4.69) is 15.2 Å². The van der Waals surface area contributed by atoms with Gasteiger partial charge in [-0.15, -0.1) is 10.2 Å². The van der Waals surface area contributed by atoms with Crippen LogP contribution in [-0.4, -0.2) is 30.7 Å². The van der Waals surface area contributed by atoms with Crippen LogP contribution in [-0.2, 0) is 0 Å². The Bertz CT molecular complexity index is 801. The molecule has 20 heavy (non-hydrogen) atoms. The molecule has 3 N–H and O–H groups in total. The van der Waals surface area contributed by atoms with Gasteiger partial charge in [0.05, 0.1) is 17.4 Å². The summed E-state index contributed by atoms with van der Waals surface area (Å²) in [6.45, 7) is 0. The monoisotopic (exact) mass is 287 g/mol. The van der Waals surface area contributed by atoms with Crippen LogP contribution in [0.2, 0.25) is 0 Å². The van der Waals surface area contributed by atoms with E-state index in [1.54, 1.807) is 4.40 Å².